The van der Waals surface area contributed by atoms with Crippen molar-refractivity contribution >= 4 is 11.6 Å². The van der Waals surface area contributed by atoms with Gasteiger partial charge in [-0.2, -0.15) is 5.26 Å². The molecule has 1 aromatic carbocycles. The van der Waals surface area contributed by atoms with E-state index in [4.69, 9.17) is 38.3 Å². The predicted molar refractivity (Wildman–Crippen MR) is 204 cm³/mol. The molecule has 4 heterocycles. The first-order chi connectivity index (χ1) is 27.6. The van der Waals surface area contributed by atoms with Gasteiger partial charge < -0.3 is 38.5 Å². The first kappa shape index (κ1) is 40.9. The second-order valence-corrected chi connectivity index (χ2v) is 13.7. The van der Waals surface area contributed by atoms with Gasteiger partial charge in [0.25, 0.3) is 5.88 Å². The fraction of sp³-hybridized carbons (Fsp3) is 0.605. The molecule has 1 aliphatic heterocycles. The summed E-state index contributed by atoms with van der Waals surface area (Å²) in [4.78, 5) is 11.8. The Kier molecular flexibility index (Phi) is 16.1. The van der Waals surface area contributed by atoms with Gasteiger partial charge in [0.2, 0.25) is 5.95 Å². The molecule has 302 valence electrons. The third-order valence-corrected chi connectivity index (χ3v) is 9.65. The van der Waals surface area contributed by atoms with Gasteiger partial charge in [-0.05, 0) is 60.7 Å². The molecule has 56 heavy (non-hydrogen) atoms. The third-order valence-electron chi connectivity index (χ3n) is 9.65. The number of anilines is 2. The molecular weight excluding hydrogens is 722 g/mol. The Labute approximate surface area is 327 Å². The molecule has 4 aromatic rings. The number of methoxy groups -OCH3 is 1. The van der Waals surface area contributed by atoms with Crippen LogP contribution in [0.25, 0.3) is 11.1 Å². The van der Waals surface area contributed by atoms with E-state index in [2.05, 4.69) is 41.8 Å². The van der Waals surface area contributed by atoms with E-state index in [1.807, 2.05) is 29.9 Å². The van der Waals surface area contributed by atoms with Gasteiger partial charge in [0, 0.05) is 57.2 Å². The van der Waals surface area contributed by atoms with Crippen molar-refractivity contribution in [3.05, 3.63) is 48.7 Å². The van der Waals surface area contributed by atoms with Crippen LogP contribution in [0.3, 0.4) is 0 Å². The van der Waals surface area contributed by atoms with E-state index < -0.39 is 0 Å². The number of nitrogens with one attached hydrogen (secondary N) is 1. The minimum absolute atomic E-state index is 0.269. The van der Waals surface area contributed by atoms with Gasteiger partial charge in [0.1, 0.15) is 29.9 Å². The highest BCUT2D eigenvalue weighted by molar-refractivity contribution is 5.67. The zero-order chi connectivity index (χ0) is 38.8. The van der Waals surface area contributed by atoms with Crippen molar-refractivity contribution in [3.63, 3.8) is 0 Å². The maximum Gasteiger partial charge on any atom is 0.256 e. The van der Waals surface area contributed by atoms with E-state index >= 15 is 0 Å². The van der Waals surface area contributed by atoms with Crippen LogP contribution in [0.2, 0.25) is 0 Å². The quantitative estimate of drug-likeness (QED) is 0.107. The molecule has 1 atom stereocenters. The fourth-order valence-electron chi connectivity index (χ4n) is 6.73. The summed E-state index contributed by atoms with van der Waals surface area (Å²) in [6.07, 6.45) is 11.7. The van der Waals surface area contributed by atoms with Crippen molar-refractivity contribution in [1.82, 2.24) is 44.9 Å². The molecule has 0 unspecified atom stereocenters. The number of rotatable bonds is 23. The Morgan fingerprint density at radius 2 is 1.62 bits per heavy atom. The van der Waals surface area contributed by atoms with E-state index in [9.17, 15) is 5.26 Å². The van der Waals surface area contributed by atoms with Gasteiger partial charge in [-0.3, -0.25) is 9.58 Å². The SMILES string of the molecule is COCCOCCOCCOCCCOc1nn([C@H]2CC[C@H](N3CCOCC3)CC2)cc1Nc1ncc(-c2ccc(C#N)c(O[C@@H](C)Cn3cnnn3)c2)cn1. The lowest BCUT2D eigenvalue weighted by molar-refractivity contribution is 0.00242. The maximum absolute atomic E-state index is 9.71. The molecule has 3 aromatic heterocycles. The molecule has 1 saturated carbocycles. The smallest absolute Gasteiger partial charge is 0.256 e. The molecule has 1 aliphatic carbocycles. The number of aromatic nitrogens is 8. The minimum atomic E-state index is -0.282. The number of nitrogens with zero attached hydrogens (tertiary/aromatic N) is 10. The Morgan fingerprint density at radius 1 is 0.911 bits per heavy atom. The van der Waals surface area contributed by atoms with Gasteiger partial charge in [0.05, 0.1) is 83.8 Å². The normalized spacial score (nSPS) is 18.0. The van der Waals surface area contributed by atoms with Gasteiger partial charge >= 0.3 is 0 Å². The summed E-state index contributed by atoms with van der Waals surface area (Å²) in [5.41, 5.74) is 2.70. The highest BCUT2D eigenvalue weighted by atomic mass is 16.6. The standard InChI is InChI=1S/C38H53N11O7/c1-29(26-48-28-42-45-46-48)56-36-22-30(4-5-31(36)23-39)32-24-40-38(41-25-32)43-35-27-49(34-8-6-33(7-9-34)47-10-14-52-15-11-47)44-37(35)55-13-3-12-51-18-19-54-21-20-53-17-16-50-2/h4-5,22,24-25,27-29,33-34H,3,6-21,26H2,1-2H3,(H,40,41,43)/t29-,33-,34-/m0/s1. The summed E-state index contributed by atoms with van der Waals surface area (Å²) >= 11 is 0. The summed E-state index contributed by atoms with van der Waals surface area (Å²) < 4.78 is 43.2. The Bertz CT molecular complexity index is 1760. The van der Waals surface area contributed by atoms with Crippen molar-refractivity contribution in [3.8, 4) is 28.8 Å². The number of tetrazole rings is 1. The van der Waals surface area contributed by atoms with Crippen LogP contribution in [0.15, 0.2) is 43.1 Å². The monoisotopic (exact) mass is 775 g/mol. The van der Waals surface area contributed by atoms with Gasteiger partial charge in [-0.25, -0.2) is 14.6 Å². The van der Waals surface area contributed by atoms with Crippen LogP contribution in [0.4, 0.5) is 11.6 Å². The molecule has 0 amide bonds. The Hall–Kier alpha value is -4.77. The zero-order valence-electron chi connectivity index (χ0n) is 32.3. The highest BCUT2D eigenvalue weighted by Crippen LogP contribution is 2.35. The van der Waals surface area contributed by atoms with Crippen LogP contribution in [0, 0.1) is 11.3 Å². The highest BCUT2D eigenvalue weighted by Gasteiger charge is 2.29. The van der Waals surface area contributed by atoms with Crippen molar-refractivity contribution in [1.29, 1.82) is 5.26 Å². The molecule has 1 N–H and O–H groups in total. The number of morpholine rings is 1. The predicted octanol–water partition coefficient (Wildman–Crippen LogP) is 3.69. The lowest BCUT2D eigenvalue weighted by Gasteiger charge is -2.38. The second-order valence-electron chi connectivity index (χ2n) is 13.7. The lowest BCUT2D eigenvalue weighted by Crippen LogP contribution is -2.45. The van der Waals surface area contributed by atoms with Gasteiger partial charge in [-0.1, -0.05) is 6.07 Å². The van der Waals surface area contributed by atoms with Crippen molar-refractivity contribution in [2.45, 2.75) is 63.8 Å². The van der Waals surface area contributed by atoms with Crippen molar-refractivity contribution in [2.75, 3.05) is 91.6 Å². The van der Waals surface area contributed by atoms with E-state index in [0.717, 1.165) is 63.1 Å². The van der Waals surface area contributed by atoms with E-state index in [1.54, 1.807) is 30.3 Å². The number of hydrogen-bond donors (Lipinski definition) is 1. The van der Waals surface area contributed by atoms with Crippen LogP contribution in [0.5, 0.6) is 11.6 Å². The van der Waals surface area contributed by atoms with Crippen molar-refractivity contribution in [2.24, 2.45) is 0 Å². The second kappa shape index (κ2) is 22.1. The topological polar surface area (TPSA) is 191 Å². The molecule has 18 nitrogen and oxygen atoms in total. The van der Waals surface area contributed by atoms with Crippen LogP contribution in [-0.2, 0) is 30.2 Å². The van der Waals surface area contributed by atoms with Crippen molar-refractivity contribution < 1.29 is 33.2 Å². The van der Waals surface area contributed by atoms with Crippen LogP contribution < -0.4 is 14.8 Å². The van der Waals surface area contributed by atoms with E-state index in [0.29, 0.717) is 101 Å². The molecule has 2 fully saturated rings. The molecule has 0 spiro atoms. The average Bonchev–Trinajstić information content (AvgIpc) is 3.90. The fourth-order valence-corrected chi connectivity index (χ4v) is 6.73. The first-order valence-electron chi connectivity index (χ1n) is 19.4. The minimum Gasteiger partial charge on any atom is -0.487 e. The molecule has 1 saturated heterocycles. The molecule has 0 radical (unpaired) electrons. The van der Waals surface area contributed by atoms with Crippen LogP contribution in [0.1, 0.15) is 50.6 Å². The summed E-state index contributed by atoms with van der Waals surface area (Å²) in [6.45, 7) is 10.1. The van der Waals surface area contributed by atoms with Gasteiger partial charge in [-0.15, -0.1) is 10.2 Å². The molecule has 0 bridgehead atoms. The Morgan fingerprint density at radius 3 is 2.32 bits per heavy atom. The van der Waals surface area contributed by atoms with Crippen LogP contribution in [-0.4, -0.2) is 143 Å². The largest absolute Gasteiger partial charge is 0.487 e. The van der Waals surface area contributed by atoms with E-state index in [-0.39, 0.29) is 12.1 Å². The lowest BCUT2D eigenvalue weighted by atomic mass is 9.90. The summed E-state index contributed by atoms with van der Waals surface area (Å²) in [7, 11) is 1.65. The van der Waals surface area contributed by atoms with E-state index in [1.165, 1.54) is 6.33 Å². The summed E-state index contributed by atoms with van der Waals surface area (Å²) in [6, 6.07) is 8.46. The number of nitriles is 1. The number of ether oxygens (including phenoxy) is 7. The molecule has 18 heteroatoms. The van der Waals surface area contributed by atoms with Gasteiger partial charge in [0.15, 0.2) is 0 Å². The molecule has 6 rings (SSSR count). The Balaban J connectivity index is 1.05. The molecular formula is C38H53N11O7. The number of benzene rings is 1. The third kappa shape index (κ3) is 12.4. The van der Waals surface area contributed by atoms with Crippen LogP contribution >= 0.6 is 0 Å². The average molecular weight is 776 g/mol. The number of hydrogen-bond acceptors (Lipinski definition) is 16. The summed E-state index contributed by atoms with van der Waals surface area (Å²) in [5.74, 6) is 1.36. The first-order valence-corrected chi connectivity index (χ1v) is 19.4. The summed E-state index contributed by atoms with van der Waals surface area (Å²) in [5, 5.41) is 29.2. The molecule has 2 aliphatic rings. The maximum atomic E-state index is 9.71. The zero-order valence-corrected chi connectivity index (χ0v) is 32.3.